The minimum atomic E-state index is 0.576. The van der Waals surface area contributed by atoms with E-state index in [9.17, 15) is 0 Å². The summed E-state index contributed by atoms with van der Waals surface area (Å²) in [7, 11) is 0. The van der Waals surface area contributed by atoms with Crippen molar-refractivity contribution in [1.29, 1.82) is 0 Å². The van der Waals surface area contributed by atoms with E-state index < -0.39 is 0 Å². The highest BCUT2D eigenvalue weighted by Crippen LogP contribution is 2.08. The predicted octanol–water partition coefficient (Wildman–Crippen LogP) is 2.34. The molecule has 1 rings (SSSR count). The van der Waals surface area contributed by atoms with Crippen LogP contribution in [0.15, 0.2) is 12.4 Å². The van der Waals surface area contributed by atoms with Gasteiger partial charge in [-0.15, -0.1) is 0 Å². The Morgan fingerprint density at radius 3 is 2.88 bits per heavy atom. The lowest BCUT2D eigenvalue weighted by Crippen LogP contribution is -2.09. The highest BCUT2D eigenvalue weighted by molar-refractivity contribution is 5.11. The first kappa shape index (κ1) is 13.0. The highest BCUT2D eigenvalue weighted by atomic mass is 16.5. The molecule has 0 amide bonds. The third kappa shape index (κ3) is 5.16. The Kier molecular flexibility index (Phi) is 5.93. The fraction of sp³-hybridized carbons (Fsp3) is 0.750. The Bertz CT molecular complexity index is 284. The van der Waals surface area contributed by atoms with Gasteiger partial charge in [0, 0.05) is 13.2 Å². The Labute approximate surface area is 97.6 Å². The van der Waals surface area contributed by atoms with E-state index in [4.69, 9.17) is 9.47 Å². The first-order chi connectivity index (χ1) is 7.72. The van der Waals surface area contributed by atoms with Crippen LogP contribution in [0.5, 0.6) is 5.75 Å². The van der Waals surface area contributed by atoms with Gasteiger partial charge in [0.15, 0.2) is 5.75 Å². The molecule has 0 saturated carbocycles. The number of aromatic nitrogens is 2. The molecule has 16 heavy (non-hydrogen) atoms. The Hall–Kier alpha value is -1.03. The number of hydrogen-bond acceptors (Lipinski definition) is 3. The van der Waals surface area contributed by atoms with Gasteiger partial charge in [0.2, 0.25) is 0 Å². The van der Waals surface area contributed by atoms with Crippen LogP contribution < -0.4 is 4.74 Å². The molecule has 1 heterocycles. The van der Waals surface area contributed by atoms with Crippen molar-refractivity contribution < 1.29 is 9.47 Å². The number of ether oxygens (including phenoxy) is 2. The van der Waals surface area contributed by atoms with E-state index in [-0.39, 0.29) is 0 Å². The molecule has 0 spiro atoms. The topological polar surface area (TPSA) is 36.3 Å². The van der Waals surface area contributed by atoms with Crippen LogP contribution in [0.3, 0.4) is 0 Å². The molecule has 4 nitrogen and oxygen atoms in total. The van der Waals surface area contributed by atoms with Gasteiger partial charge in [-0.3, -0.25) is 4.68 Å². The maximum Gasteiger partial charge on any atom is 0.157 e. The molecule has 1 aromatic rings. The summed E-state index contributed by atoms with van der Waals surface area (Å²) in [5, 5.41) is 4.18. The summed E-state index contributed by atoms with van der Waals surface area (Å²) in [6, 6.07) is 0. The Morgan fingerprint density at radius 2 is 2.19 bits per heavy atom. The molecule has 0 saturated heterocycles. The van der Waals surface area contributed by atoms with Gasteiger partial charge in [-0.05, 0) is 12.3 Å². The van der Waals surface area contributed by atoms with Crippen LogP contribution in [0.25, 0.3) is 0 Å². The van der Waals surface area contributed by atoms with Crippen molar-refractivity contribution in [1.82, 2.24) is 9.78 Å². The molecule has 0 fully saturated rings. The summed E-state index contributed by atoms with van der Waals surface area (Å²) in [5.74, 6) is 1.40. The molecule has 0 radical (unpaired) electrons. The molecule has 0 aliphatic carbocycles. The first-order valence-electron chi connectivity index (χ1n) is 5.95. The van der Waals surface area contributed by atoms with E-state index in [2.05, 4.69) is 25.9 Å². The molecule has 0 unspecified atom stereocenters. The fourth-order valence-corrected chi connectivity index (χ4v) is 1.31. The lowest BCUT2D eigenvalue weighted by molar-refractivity contribution is 0.0818. The summed E-state index contributed by atoms with van der Waals surface area (Å²) in [4.78, 5) is 0. The molecule has 0 aliphatic heterocycles. The molecule has 92 valence electrons. The third-order valence-corrected chi connectivity index (χ3v) is 2.01. The number of rotatable bonds is 8. The zero-order valence-corrected chi connectivity index (χ0v) is 10.5. The molecular weight excluding hydrogens is 204 g/mol. The standard InChI is InChI=1S/C12H22N2O2/c1-4-5-14-9-12(8-13-14)16-7-6-15-10-11(2)3/h8-9,11H,4-7,10H2,1-3H3. The first-order valence-corrected chi connectivity index (χ1v) is 5.95. The molecule has 0 atom stereocenters. The second-order valence-electron chi connectivity index (χ2n) is 4.26. The smallest absolute Gasteiger partial charge is 0.157 e. The zero-order valence-electron chi connectivity index (χ0n) is 10.5. The number of hydrogen-bond donors (Lipinski definition) is 0. The predicted molar refractivity (Wildman–Crippen MR) is 63.7 cm³/mol. The van der Waals surface area contributed by atoms with Gasteiger partial charge in [-0.1, -0.05) is 20.8 Å². The Balaban J connectivity index is 2.12. The van der Waals surface area contributed by atoms with Gasteiger partial charge in [0.05, 0.1) is 19.0 Å². The second kappa shape index (κ2) is 7.28. The van der Waals surface area contributed by atoms with Gasteiger partial charge in [0.1, 0.15) is 6.61 Å². The van der Waals surface area contributed by atoms with E-state index in [0.29, 0.717) is 19.1 Å². The molecular formula is C12H22N2O2. The minimum Gasteiger partial charge on any atom is -0.488 e. The van der Waals surface area contributed by atoms with Gasteiger partial charge in [-0.25, -0.2) is 0 Å². The second-order valence-corrected chi connectivity index (χ2v) is 4.26. The maximum atomic E-state index is 5.51. The fourth-order valence-electron chi connectivity index (χ4n) is 1.31. The largest absolute Gasteiger partial charge is 0.488 e. The van der Waals surface area contributed by atoms with Crippen molar-refractivity contribution >= 4 is 0 Å². The van der Waals surface area contributed by atoms with Gasteiger partial charge in [-0.2, -0.15) is 5.10 Å². The van der Waals surface area contributed by atoms with Gasteiger partial charge >= 0.3 is 0 Å². The lowest BCUT2D eigenvalue weighted by atomic mass is 10.2. The van der Waals surface area contributed by atoms with Crippen molar-refractivity contribution in [3.63, 3.8) is 0 Å². The lowest BCUT2D eigenvalue weighted by Gasteiger charge is -2.07. The van der Waals surface area contributed by atoms with E-state index in [1.807, 2.05) is 10.9 Å². The van der Waals surface area contributed by atoms with Gasteiger partial charge in [0.25, 0.3) is 0 Å². The van der Waals surface area contributed by atoms with E-state index in [1.165, 1.54) is 0 Å². The summed E-state index contributed by atoms with van der Waals surface area (Å²) in [5.41, 5.74) is 0. The normalized spacial score (nSPS) is 11.0. The Morgan fingerprint density at radius 1 is 1.38 bits per heavy atom. The number of nitrogens with zero attached hydrogens (tertiary/aromatic N) is 2. The summed E-state index contributed by atoms with van der Waals surface area (Å²) < 4.78 is 12.8. The molecule has 0 N–H and O–H groups in total. The minimum absolute atomic E-state index is 0.576. The van der Waals surface area contributed by atoms with Crippen LogP contribution in [0, 0.1) is 5.92 Å². The summed E-state index contributed by atoms with van der Waals surface area (Å²) in [6.45, 7) is 9.35. The number of aryl methyl sites for hydroxylation is 1. The van der Waals surface area contributed by atoms with Crippen LogP contribution >= 0.6 is 0 Å². The summed E-state index contributed by atoms with van der Waals surface area (Å²) >= 11 is 0. The van der Waals surface area contributed by atoms with E-state index in [1.54, 1.807) is 6.20 Å². The quantitative estimate of drug-likeness (QED) is 0.638. The average Bonchev–Trinajstić information content (AvgIpc) is 2.65. The van der Waals surface area contributed by atoms with Crippen LogP contribution in [0.4, 0.5) is 0 Å². The highest BCUT2D eigenvalue weighted by Gasteiger charge is 1.99. The van der Waals surface area contributed by atoms with Gasteiger partial charge < -0.3 is 9.47 Å². The molecule has 0 bridgehead atoms. The van der Waals surface area contributed by atoms with E-state index in [0.717, 1.165) is 25.3 Å². The summed E-state index contributed by atoms with van der Waals surface area (Å²) in [6.07, 6.45) is 4.75. The van der Waals surface area contributed by atoms with Crippen LogP contribution in [0.2, 0.25) is 0 Å². The van der Waals surface area contributed by atoms with Crippen molar-refractivity contribution in [3.8, 4) is 5.75 Å². The van der Waals surface area contributed by atoms with Crippen LogP contribution in [-0.4, -0.2) is 29.6 Å². The van der Waals surface area contributed by atoms with Crippen molar-refractivity contribution in [2.45, 2.75) is 33.7 Å². The molecule has 0 aromatic carbocycles. The van der Waals surface area contributed by atoms with Crippen LogP contribution in [-0.2, 0) is 11.3 Å². The average molecular weight is 226 g/mol. The van der Waals surface area contributed by atoms with Crippen molar-refractivity contribution in [2.75, 3.05) is 19.8 Å². The zero-order chi connectivity index (χ0) is 11.8. The van der Waals surface area contributed by atoms with Crippen LogP contribution in [0.1, 0.15) is 27.2 Å². The third-order valence-electron chi connectivity index (χ3n) is 2.01. The monoisotopic (exact) mass is 226 g/mol. The maximum absolute atomic E-state index is 5.51. The van der Waals surface area contributed by atoms with Crippen molar-refractivity contribution in [3.05, 3.63) is 12.4 Å². The molecule has 0 aliphatic rings. The SMILES string of the molecule is CCCn1cc(OCCOCC(C)C)cn1. The van der Waals surface area contributed by atoms with Crippen molar-refractivity contribution in [2.24, 2.45) is 5.92 Å². The molecule has 1 aromatic heterocycles. The van der Waals surface area contributed by atoms with E-state index >= 15 is 0 Å². The molecule has 4 heteroatoms.